The molecule has 0 aromatic heterocycles. The average Bonchev–Trinajstić information content (AvgIpc) is 2.27. The Balaban J connectivity index is 3.06. The number of aryl methyl sites for hydroxylation is 1. The van der Waals surface area contributed by atoms with Crippen LogP contribution in [0, 0.1) is 6.92 Å². The Kier molecular flexibility index (Phi) is 5.17. The molecule has 0 saturated carbocycles. The van der Waals surface area contributed by atoms with Gasteiger partial charge < -0.3 is 14.6 Å². The first kappa shape index (κ1) is 15.0. The lowest BCUT2D eigenvalue weighted by Gasteiger charge is -2.24. The molecule has 0 unspecified atom stereocenters. The van der Waals surface area contributed by atoms with E-state index in [1.54, 1.807) is 7.11 Å². The zero-order valence-corrected chi connectivity index (χ0v) is 12.0. The average molecular weight is 252 g/mol. The van der Waals surface area contributed by atoms with E-state index in [2.05, 4.69) is 32.9 Å². The van der Waals surface area contributed by atoms with Gasteiger partial charge in [0, 0.05) is 5.56 Å². The van der Waals surface area contributed by atoms with Crippen molar-refractivity contribution in [3.8, 4) is 5.75 Å². The highest BCUT2D eigenvalue weighted by atomic mass is 16.5. The van der Waals surface area contributed by atoms with E-state index < -0.39 is 0 Å². The number of hydrogen-bond donors (Lipinski definition) is 1. The van der Waals surface area contributed by atoms with Gasteiger partial charge in [-0.05, 0) is 29.5 Å². The van der Waals surface area contributed by atoms with Gasteiger partial charge in [0.2, 0.25) is 0 Å². The molecule has 0 amide bonds. The first-order chi connectivity index (χ1) is 8.40. The minimum absolute atomic E-state index is 0.0308. The van der Waals surface area contributed by atoms with E-state index in [1.165, 1.54) is 5.56 Å². The summed E-state index contributed by atoms with van der Waals surface area (Å²) < 4.78 is 10.9. The number of rotatable bonds is 5. The molecule has 0 atom stereocenters. The van der Waals surface area contributed by atoms with Gasteiger partial charge in [-0.3, -0.25) is 0 Å². The Morgan fingerprint density at radius 1 is 1.22 bits per heavy atom. The third-order valence-electron chi connectivity index (χ3n) is 2.85. The second-order valence-electron chi connectivity index (χ2n) is 5.52. The van der Waals surface area contributed by atoms with Crippen LogP contribution in [0.2, 0.25) is 0 Å². The molecule has 1 aromatic carbocycles. The summed E-state index contributed by atoms with van der Waals surface area (Å²) in [7, 11) is 1.71. The first-order valence-electron chi connectivity index (χ1n) is 6.26. The highest BCUT2D eigenvalue weighted by molar-refractivity contribution is 5.47. The zero-order valence-electron chi connectivity index (χ0n) is 12.0. The van der Waals surface area contributed by atoms with Crippen molar-refractivity contribution in [1.29, 1.82) is 0 Å². The van der Waals surface area contributed by atoms with Gasteiger partial charge in [0.25, 0.3) is 0 Å². The standard InChI is InChI=1S/C15H24O3/c1-11-8-12(10-18-7-6-16)9-13(14(11)17-5)15(2,3)4/h8-9,16H,6-7,10H2,1-5H3. The van der Waals surface area contributed by atoms with Crippen molar-refractivity contribution in [2.24, 2.45) is 0 Å². The Hall–Kier alpha value is -1.06. The molecule has 0 spiro atoms. The van der Waals surface area contributed by atoms with E-state index in [1.807, 2.05) is 6.92 Å². The summed E-state index contributed by atoms with van der Waals surface area (Å²) in [5.41, 5.74) is 3.45. The topological polar surface area (TPSA) is 38.7 Å². The molecule has 0 radical (unpaired) electrons. The van der Waals surface area contributed by atoms with Gasteiger partial charge >= 0.3 is 0 Å². The summed E-state index contributed by atoms with van der Waals surface area (Å²) in [5.74, 6) is 0.952. The minimum Gasteiger partial charge on any atom is -0.496 e. The molecule has 0 aliphatic heterocycles. The number of benzene rings is 1. The Morgan fingerprint density at radius 3 is 2.39 bits per heavy atom. The van der Waals surface area contributed by atoms with E-state index in [0.717, 1.165) is 16.9 Å². The number of ether oxygens (including phenoxy) is 2. The number of hydrogen-bond acceptors (Lipinski definition) is 3. The molecule has 0 bridgehead atoms. The van der Waals surface area contributed by atoms with Gasteiger partial charge in [0.15, 0.2) is 0 Å². The lowest BCUT2D eigenvalue weighted by Crippen LogP contribution is -2.14. The summed E-state index contributed by atoms with van der Waals surface area (Å²) in [6, 6.07) is 4.20. The fraction of sp³-hybridized carbons (Fsp3) is 0.600. The zero-order chi connectivity index (χ0) is 13.8. The Labute approximate surface area is 110 Å². The van der Waals surface area contributed by atoms with Crippen molar-refractivity contribution < 1.29 is 14.6 Å². The minimum atomic E-state index is 0.0308. The van der Waals surface area contributed by atoms with E-state index >= 15 is 0 Å². The molecular formula is C15H24O3. The van der Waals surface area contributed by atoms with Gasteiger partial charge in [-0.25, -0.2) is 0 Å². The SMILES string of the molecule is COc1c(C)cc(COCCO)cc1C(C)(C)C. The second-order valence-corrected chi connectivity index (χ2v) is 5.52. The molecule has 0 fully saturated rings. The smallest absolute Gasteiger partial charge is 0.125 e. The summed E-state index contributed by atoms with van der Waals surface area (Å²) in [6.45, 7) is 9.50. The normalized spacial score (nSPS) is 11.7. The largest absolute Gasteiger partial charge is 0.496 e. The molecule has 0 aliphatic rings. The van der Waals surface area contributed by atoms with Crippen molar-refractivity contribution in [2.75, 3.05) is 20.3 Å². The summed E-state index contributed by atoms with van der Waals surface area (Å²) >= 11 is 0. The Morgan fingerprint density at radius 2 is 1.89 bits per heavy atom. The van der Waals surface area contributed by atoms with E-state index in [-0.39, 0.29) is 12.0 Å². The second kappa shape index (κ2) is 6.21. The van der Waals surface area contributed by atoms with E-state index in [4.69, 9.17) is 14.6 Å². The van der Waals surface area contributed by atoms with Crippen LogP contribution in [0.5, 0.6) is 5.75 Å². The van der Waals surface area contributed by atoms with Crippen LogP contribution in [0.15, 0.2) is 12.1 Å². The van der Waals surface area contributed by atoms with Crippen LogP contribution in [0.1, 0.15) is 37.5 Å². The molecule has 3 nitrogen and oxygen atoms in total. The third kappa shape index (κ3) is 3.72. The number of methoxy groups -OCH3 is 1. The lowest BCUT2D eigenvalue weighted by molar-refractivity contribution is 0.0814. The monoisotopic (exact) mass is 252 g/mol. The predicted octanol–water partition coefficient (Wildman–Crippen LogP) is 2.81. The van der Waals surface area contributed by atoms with E-state index in [9.17, 15) is 0 Å². The van der Waals surface area contributed by atoms with Crippen LogP contribution < -0.4 is 4.74 Å². The van der Waals surface area contributed by atoms with Crippen molar-refractivity contribution in [1.82, 2.24) is 0 Å². The van der Waals surface area contributed by atoms with Crippen LogP contribution in [0.25, 0.3) is 0 Å². The quantitative estimate of drug-likeness (QED) is 0.819. The van der Waals surface area contributed by atoms with Gasteiger partial charge in [-0.15, -0.1) is 0 Å². The first-order valence-corrected chi connectivity index (χ1v) is 6.26. The molecular weight excluding hydrogens is 228 g/mol. The third-order valence-corrected chi connectivity index (χ3v) is 2.85. The van der Waals surface area contributed by atoms with Gasteiger partial charge in [-0.2, -0.15) is 0 Å². The maximum atomic E-state index is 8.72. The fourth-order valence-electron chi connectivity index (χ4n) is 2.01. The molecule has 18 heavy (non-hydrogen) atoms. The van der Waals surface area contributed by atoms with Crippen molar-refractivity contribution in [2.45, 2.75) is 39.7 Å². The molecule has 0 heterocycles. The van der Waals surface area contributed by atoms with Crippen molar-refractivity contribution >= 4 is 0 Å². The maximum absolute atomic E-state index is 8.72. The number of aliphatic hydroxyl groups excluding tert-OH is 1. The van der Waals surface area contributed by atoms with Crippen molar-refractivity contribution in [3.63, 3.8) is 0 Å². The van der Waals surface area contributed by atoms with Crippen LogP contribution >= 0.6 is 0 Å². The predicted molar refractivity (Wildman–Crippen MR) is 73.2 cm³/mol. The van der Waals surface area contributed by atoms with Crippen LogP contribution in [0.3, 0.4) is 0 Å². The maximum Gasteiger partial charge on any atom is 0.125 e. The molecule has 102 valence electrons. The molecule has 1 N–H and O–H groups in total. The van der Waals surface area contributed by atoms with Crippen LogP contribution in [0.4, 0.5) is 0 Å². The highest BCUT2D eigenvalue weighted by Crippen LogP contribution is 2.35. The molecule has 1 aromatic rings. The molecule has 0 aliphatic carbocycles. The van der Waals surface area contributed by atoms with Crippen LogP contribution in [-0.4, -0.2) is 25.4 Å². The van der Waals surface area contributed by atoms with E-state index in [0.29, 0.717) is 13.2 Å². The molecule has 3 heteroatoms. The van der Waals surface area contributed by atoms with Crippen LogP contribution in [-0.2, 0) is 16.8 Å². The van der Waals surface area contributed by atoms with Gasteiger partial charge in [0.05, 0.1) is 26.9 Å². The lowest BCUT2D eigenvalue weighted by atomic mass is 9.84. The summed E-state index contributed by atoms with van der Waals surface area (Å²) in [4.78, 5) is 0. The molecule has 1 rings (SSSR count). The Bertz CT molecular complexity index is 391. The van der Waals surface area contributed by atoms with Gasteiger partial charge in [0.1, 0.15) is 5.75 Å². The van der Waals surface area contributed by atoms with Crippen molar-refractivity contribution in [3.05, 3.63) is 28.8 Å². The summed E-state index contributed by atoms with van der Waals surface area (Å²) in [6.07, 6.45) is 0. The highest BCUT2D eigenvalue weighted by Gasteiger charge is 2.21. The van der Waals surface area contributed by atoms with Gasteiger partial charge in [-0.1, -0.05) is 26.8 Å². The number of aliphatic hydroxyl groups is 1. The summed E-state index contributed by atoms with van der Waals surface area (Å²) in [5, 5.41) is 8.72. The molecule has 0 saturated heterocycles. The fourth-order valence-corrected chi connectivity index (χ4v) is 2.01.